The minimum Gasteiger partial charge on any atom is -0.383 e. The summed E-state index contributed by atoms with van der Waals surface area (Å²) in [5, 5.41) is 9.82. The first kappa shape index (κ1) is 14.0. The molecule has 21 heavy (non-hydrogen) atoms. The van der Waals surface area contributed by atoms with Gasteiger partial charge in [0.2, 0.25) is 0 Å². The van der Waals surface area contributed by atoms with Gasteiger partial charge in [-0.2, -0.15) is 5.10 Å². The average Bonchev–Trinajstić information content (AvgIpc) is 3.12. The molecular weight excluding hydrogens is 284 g/mol. The minimum atomic E-state index is 0.184. The third-order valence-corrected chi connectivity index (χ3v) is 4.22. The Bertz CT molecular complexity index is 721. The second-order valence-corrected chi connectivity index (χ2v) is 5.87. The number of rotatable bonds is 6. The molecule has 0 fully saturated rings. The Balaban J connectivity index is 1.70. The Hall–Kier alpha value is -1.92. The predicted molar refractivity (Wildman–Crippen MR) is 85.8 cm³/mol. The normalized spacial score (nSPS) is 12.7. The van der Waals surface area contributed by atoms with Crippen molar-refractivity contribution in [3.63, 3.8) is 0 Å². The number of fused-ring (bicyclic) bond motifs is 1. The van der Waals surface area contributed by atoms with E-state index in [1.807, 2.05) is 29.3 Å². The van der Waals surface area contributed by atoms with E-state index in [0.717, 1.165) is 17.7 Å². The highest BCUT2D eigenvalue weighted by Gasteiger charge is 2.09. The second kappa shape index (κ2) is 6.24. The van der Waals surface area contributed by atoms with E-state index < -0.39 is 0 Å². The summed E-state index contributed by atoms with van der Waals surface area (Å²) in [4.78, 5) is 4.48. The van der Waals surface area contributed by atoms with Gasteiger partial charge in [0.25, 0.3) is 0 Å². The second-order valence-electron chi connectivity index (χ2n) is 4.92. The molecule has 1 N–H and O–H groups in total. The predicted octanol–water partition coefficient (Wildman–Crippen LogP) is 3.31. The number of pyridine rings is 1. The number of methoxy groups -OCH3 is 1. The largest absolute Gasteiger partial charge is 0.383 e. The van der Waals surface area contributed by atoms with Gasteiger partial charge in [-0.15, -0.1) is 11.3 Å². The number of nitrogens with one attached hydrogen (secondary N) is 1. The van der Waals surface area contributed by atoms with Crippen LogP contribution in [-0.2, 0) is 11.3 Å². The number of nitrogens with zero attached hydrogens (tertiary/aromatic N) is 3. The lowest BCUT2D eigenvalue weighted by Gasteiger charge is -2.13. The molecule has 3 rings (SSSR count). The van der Waals surface area contributed by atoms with Crippen molar-refractivity contribution in [2.24, 2.45) is 0 Å². The molecule has 6 heteroatoms. The van der Waals surface area contributed by atoms with Crippen LogP contribution in [0, 0.1) is 0 Å². The van der Waals surface area contributed by atoms with Crippen LogP contribution < -0.4 is 5.32 Å². The number of hydrogen-bond donors (Lipinski definition) is 1. The molecule has 110 valence electrons. The molecule has 0 radical (unpaired) electrons. The average molecular weight is 302 g/mol. The van der Waals surface area contributed by atoms with E-state index in [2.05, 4.69) is 33.8 Å². The Morgan fingerprint density at radius 1 is 1.43 bits per heavy atom. The van der Waals surface area contributed by atoms with Crippen molar-refractivity contribution in [1.29, 1.82) is 0 Å². The molecule has 0 amide bonds. The molecule has 3 aromatic heterocycles. The van der Waals surface area contributed by atoms with Crippen LogP contribution in [0.15, 0.2) is 36.1 Å². The van der Waals surface area contributed by atoms with Crippen LogP contribution in [-0.4, -0.2) is 28.5 Å². The number of hydrogen-bond acceptors (Lipinski definition) is 5. The van der Waals surface area contributed by atoms with E-state index in [1.165, 1.54) is 10.3 Å². The highest BCUT2D eigenvalue weighted by molar-refractivity contribution is 7.17. The number of thiophene rings is 1. The van der Waals surface area contributed by atoms with Crippen LogP contribution in [0.4, 0.5) is 5.69 Å². The quantitative estimate of drug-likeness (QED) is 0.759. The van der Waals surface area contributed by atoms with Crippen LogP contribution in [0.5, 0.6) is 0 Å². The summed E-state index contributed by atoms with van der Waals surface area (Å²) in [6.07, 6.45) is 5.76. The monoisotopic (exact) mass is 302 g/mol. The summed E-state index contributed by atoms with van der Waals surface area (Å²) in [6.45, 7) is 3.55. The first-order chi connectivity index (χ1) is 10.3. The first-order valence-electron chi connectivity index (χ1n) is 6.87. The number of aromatic nitrogens is 3. The van der Waals surface area contributed by atoms with E-state index in [0.29, 0.717) is 6.61 Å². The third-order valence-electron chi connectivity index (χ3n) is 3.36. The van der Waals surface area contributed by atoms with Gasteiger partial charge in [-0.05, 0) is 30.0 Å². The van der Waals surface area contributed by atoms with Gasteiger partial charge in [-0.25, -0.2) is 0 Å². The molecule has 0 bridgehead atoms. The SMILES string of the molecule is COCCn1cc(NC(C)c2cnc3ccsc3c2)cn1. The van der Waals surface area contributed by atoms with Gasteiger partial charge in [0.15, 0.2) is 0 Å². The van der Waals surface area contributed by atoms with Crippen LogP contribution in [0.3, 0.4) is 0 Å². The summed E-state index contributed by atoms with van der Waals surface area (Å²) in [6, 6.07) is 4.42. The van der Waals surface area contributed by atoms with Crippen LogP contribution in [0.2, 0.25) is 0 Å². The fraction of sp³-hybridized carbons (Fsp3) is 0.333. The van der Waals surface area contributed by atoms with E-state index in [1.54, 1.807) is 18.4 Å². The first-order valence-corrected chi connectivity index (χ1v) is 7.75. The zero-order chi connectivity index (χ0) is 14.7. The van der Waals surface area contributed by atoms with Crippen molar-refractivity contribution in [3.8, 4) is 0 Å². The van der Waals surface area contributed by atoms with E-state index >= 15 is 0 Å². The van der Waals surface area contributed by atoms with Crippen molar-refractivity contribution in [3.05, 3.63) is 41.7 Å². The molecule has 0 aromatic carbocycles. The fourth-order valence-electron chi connectivity index (χ4n) is 2.18. The van der Waals surface area contributed by atoms with Crippen molar-refractivity contribution >= 4 is 27.2 Å². The van der Waals surface area contributed by atoms with E-state index in [4.69, 9.17) is 4.74 Å². The van der Waals surface area contributed by atoms with Gasteiger partial charge in [0.05, 0.1) is 41.3 Å². The van der Waals surface area contributed by atoms with Crippen molar-refractivity contribution in [2.75, 3.05) is 19.0 Å². The Morgan fingerprint density at radius 2 is 2.33 bits per heavy atom. The molecule has 0 spiro atoms. The molecule has 3 heterocycles. The van der Waals surface area contributed by atoms with Crippen molar-refractivity contribution < 1.29 is 4.74 Å². The van der Waals surface area contributed by atoms with Gasteiger partial charge in [-0.1, -0.05) is 0 Å². The van der Waals surface area contributed by atoms with Crippen LogP contribution in [0.25, 0.3) is 10.2 Å². The van der Waals surface area contributed by atoms with Gasteiger partial charge < -0.3 is 10.1 Å². The molecule has 0 aliphatic heterocycles. The molecule has 1 unspecified atom stereocenters. The van der Waals surface area contributed by atoms with Gasteiger partial charge in [-0.3, -0.25) is 9.67 Å². The standard InChI is InChI=1S/C15H18N4OS/c1-11(12-7-15-14(16-8-12)3-6-21-15)18-13-9-17-19(10-13)4-5-20-2/h3,6-11,18H,4-5H2,1-2H3. The molecule has 3 aromatic rings. The highest BCUT2D eigenvalue weighted by Crippen LogP contribution is 2.24. The van der Waals surface area contributed by atoms with Crippen LogP contribution in [0.1, 0.15) is 18.5 Å². The summed E-state index contributed by atoms with van der Waals surface area (Å²) < 4.78 is 8.14. The summed E-state index contributed by atoms with van der Waals surface area (Å²) >= 11 is 1.72. The van der Waals surface area contributed by atoms with E-state index in [9.17, 15) is 0 Å². The summed E-state index contributed by atoms with van der Waals surface area (Å²) in [5.74, 6) is 0. The van der Waals surface area contributed by atoms with Crippen LogP contribution >= 0.6 is 11.3 Å². The Morgan fingerprint density at radius 3 is 3.19 bits per heavy atom. The van der Waals surface area contributed by atoms with Gasteiger partial charge in [0.1, 0.15) is 0 Å². The molecule has 0 aliphatic carbocycles. The molecule has 0 saturated heterocycles. The van der Waals surface area contributed by atoms with Gasteiger partial charge >= 0.3 is 0 Å². The molecule has 1 atom stereocenters. The Kier molecular flexibility index (Phi) is 4.17. The topological polar surface area (TPSA) is 52.0 Å². The molecule has 0 saturated carbocycles. The molecule has 0 aliphatic rings. The highest BCUT2D eigenvalue weighted by atomic mass is 32.1. The lowest BCUT2D eigenvalue weighted by Crippen LogP contribution is -2.07. The lowest BCUT2D eigenvalue weighted by atomic mass is 10.1. The number of anilines is 1. The summed E-state index contributed by atoms with van der Waals surface area (Å²) in [7, 11) is 1.69. The van der Waals surface area contributed by atoms with E-state index in [-0.39, 0.29) is 6.04 Å². The van der Waals surface area contributed by atoms with Crippen molar-refractivity contribution in [2.45, 2.75) is 19.5 Å². The third kappa shape index (κ3) is 3.22. The zero-order valence-electron chi connectivity index (χ0n) is 12.1. The maximum absolute atomic E-state index is 5.05. The minimum absolute atomic E-state index is 0.184. The smallest absolute Gasteiger partial charge is 0.0809 e. The maximum Gasteiger partial charge on any atom is 0.0809 e. The van der Waals surface area contributed by atoms with Crippen molar-refractivity contribution in [1.82, 2.24) is 14.8 Å². The summed E-state index contributed by atoms with van der Waals surface area (Å²) in [5.41, 5.74) is 3.24. The maximum atomic E-state index is 5.05. The zero-order valence-corrected chi connectivity index (χ0v) is 12.9. The Labute approximate surface area is 127 Å². The fourth-order valence-corrected chi connectivity index (χ4v) is 2.97. The molecule has 5 nitrogen and oxygen atoms in total. The lowest BCUT2D eigenvalue weighted by molar-refractivity contribution is 0.183. The molecular formula is C15H18N4OS. The number of ether oxygens (including phenoxy) is 1. The van der Waals surface area contributed by atoms with Gasteiger partial charge in [0, 0.05) is 19.5 Å².